The predicted octanol–water partition coefficient (Wildman–Crippen LogP) is 2.65. The van der Waals surface area contributed by atoms with Crippen LogP contribution >= 0.6 is 15.9 Å². The lowest BCUT2D eigenvalue weighted by molar-refractivity contribution is -0.386. The van der Waals surface area contributed by atoms with Gasteiger partial charge in [-0.3, -0.25) is 10.1 Å². The lowest BCUT2D eigenvalue weighted by Crippen LogP contribution is -2.23. The average molecular weight is 344 g/mol. The van der Waals surface area contributed by atoms with E-state index >= 15 is 0 Å². The zero-order valence-corrected chi connectivity index (χ0v) is 12.2. The van der Waals surface area contributed by atoms with E-state index in [-0.39, 0.29) is 22.7 Å². The van der Waals surface area contributed by atoms with Crippen LogP contribution in [0.15, 0.2) is 27.8 Å². The molecular weight excluding hydrogens is 330 g/mol. The molecule has 1 aliphatic carbocycles. The van der Waals surface area contributed by atoms with Gasteiger partial charge >= 0.3 is 5.69 Å². The molecule has 0 aromatic heterocycles. The van der Waals surface area contributed by atoms with Gasteiger partial charge in [0.1, 0.15) is 5.84 Å². The third-order valence-corrected chi connectivity index (χ3v) is 3.93. The monoisotopic (exact) mass is 343 g/mol. The highest BCUT2D eigenvalue weighted by Gasteiger charge is 2.44. The van der Waals surface area contributed by atoms with Crippen LogP contribution in [0.3, 0.4) is 0 Å². The van der Waals surface area contributed by atoms with Gasteiger partial charge in [-0.1, -0.05) is 11.2 Å². The molecule has 1 aliphatic rings. The van der Waals surface area contributed by atoms with Crippen molar-refractivity contribution in [3.63, 3.8) is 0 Å². The number of amidine groups is 1. The molecular formula is C12H14BrN3O4. The molecule has 2 rings (SSSR count). The van der Waals surface area contributed by atoms with Crippen molar-refractivity contribution < 1.29 is 14.9 Å². The number of oxime groups is 1. The summed E-state index contributed by atoms with van der Waals surface area (Å²) in [7, 11) is 0. The highest BCUT2D eigenvalue weighted by atomic mass is 79.9. The Morgan fingerprint density at radius 1 is 1.60 bits per heavy atom. The Morgan fingerprint density at radius 3 is 2.85 bits per heavy atom. The number of halogens is 1. The lowest BCUT2D eigenvalue weighted by atomic mass is 10.0. The minimum absolute atomic E-state index is 0.0843. The van der Waals surface area contributed by atoms with Crippen LogP contribution in [0.5, 0.6) is 5.75 Å². The van der Waals surface area contributed by atoms with Gasteiger partial charge in [-0.25, -0.2) is 0 Å². The number of nitro groups is 1. The quantitative estimate of drug-likeness (QED) is 0.271. The fraction of sp³-hybridized carbons (Fsp3) is 0.417. The zero-order valence-electron chi connectivity index (χ0n) is 10.6. The van der Waals surface area contributed by atoms with Gasteiger partial charge in [0.05, 0.1) is 16.0 Å². The Morgan fingerprint density at radius 2 is 2.30 bits per heavy atom. The van der Waals surface area contributed by atoms with Crippen LogP contribution in [0.25, 0.3) is 0 Å². The Balaban J connectivity index is 2.10. The molecule has 20 heavy (non-hydrogen) atoms. The van der Waals surface area contributed by atoms with E-state index in [0.29, 0.717) is 17.5 Å². The van der Waals surface area contributed by atoms with E-state index in [2.05, 4.69) is 21.1 Å². The molecule has 0 atom stereocenters. The highest BCUT2D eigenvalue weighted by molar-refractivity contribution is 9.10. The van der Waals surface area contributed by atoms with Crippen LogP contribution in [-0.4, -0.2) is 22.6 Å². The summed E-state index contributed by atoms with van der Waals surface area (Å²) in [6.07, 6.45) is 2.20. The van der Waals surface area contributed by atoms with Crippen molar-refractivity contribution in [1.82, 2.24) is 0 Å². The summed E-state index contributed by atoms with van der Waals surface area (Å²) < 4.78 is 6.15. The van der Waals surface area contributed by atoms with Crippen molar-refractivity contribution in [3.8, 4) is 5.75 Å². The summed E-state index contributed by atoms with van der Waals surface area (Å²) in [4.78, 5) is 10.5. The van der Waals surface area contributed by atoms with Crippen molar-refractivity contribution in [1.29, 1.82) is 0 Å². The molecule has 0 amide bonds. The third kappa shape index (κ3) is 3.19. The molecule has 0 unspecified atom stereocenters. The number of para-hydroxylation sites is 1. The topological polar surface area (TPSA) is 111 Å². The summed E-state index contributed by atoms with van der Waals surface area (Å²) in [5, 5.41) is 22.5. The first-order valence-corrected chi connectivity index (χ1v) is 6.79. The van der Waals surface area contributed by atoms with Gasteiger partial charge in [0, 0.05) is 17.9 Å². The number of rotatable bonds is 6. The van der Waals surface area contributed by atoms with Gasteiger partial charge in [-0.2, -0.15) is 0 Å². The van der Waals surface area contributed by atoms with Crippen molar-refractivity contribution in [2.75, 3.05) is 6.61 Å². The van der Waals surface area contributed by atoms with E-state index in [9.17, 15) is 10.1 Å². The van der Waals surface area contributed by atoms with Gasteiger partial charge < -0.3 is 15.7 Å². The summed E-state index contributed by atoms with van der Waals surface area (Å²) in [5.74, 6) is 0.357. The average Bonchev–Trinajstić information content (AvgIpc) is 3.16. The smallest absolute Gasteiger partial charge is 0.312 e. The molecule has 3 N–H and O–H groups in total. The number of benzene rings is 1. The second kappa shape index (κ2) is 5.66. The third-order valence-electron chi connectivity index (χ3n) is 3.31. The maximum Gasteiger partial charge on any atom is 0.312 e. The predicted molar refractivity (Wildman–Crippen MR) is 76.0 cm³/mol. The van der Waals surface area contributed by atoms with Crippen LogP contribution < -0.4 is 10.5 Å². The van der Waals surface area contributed by atoms with Crippen LogP contribution in [0.1, 0.15) is 19.3 Å². The number of nitrogens with zero attached hydrogens (tertiary/aromatic N) is 2. The Kier molecular flexibility index (Phi) is 4.12. The van der Waals surface area contributed by atoms with E-state index < -0.39 is 4.92 Å². The van der Waals surface area contributed by atoms with Gasteiger partial charge in [-0.05, 0) is 34.8 Å². The van der Waals surface area contributed by atoms with E-state index in [1.54, 1.807) is 12.1 Å². The van der Waals surface area contributed by atoms with E-state index in [0.717, 1.165) is 12.8 Å². The van der Waals surface area contributed by atoms with Gasteiger partial charge in [0.25, 0.3) is 0 Å². The highest BCUT2D eigenvalue weighted by Crippen LogP contribution is 2.49. The van der Waals surface area contributed by atoms with Gasteiger partial charge in [0.15, 0.2) is 0 Å². The lowest BCUT2D eigenvalue weighted by Gasteiger charge is -2.16. The van der Waals surface area contributed by atoms with Gasteiger partial charge in [-0.15, -0.1) is 0 Å². The largest absolute Gasteiger partial charge is 0.485 e. The Labute approximate surface area is 123 Å². The second-order valence-corrected chi connectivity index (χ2v) is 5.76. The first-order chi connectivity index (χ1) is 9.47. The number of nitrogens with two attached hydrogens (primary N) is 1. The molecule has 0 bridgehead atoms. The maximum atomic E-state index is 11.0. The standard InChI is InChI=1S/C12H14BrN3O4/c13-8-2-1-3-9(16(18)19)11(8)20-7-12(4-5-12)6-10(14)15-17/h1-3,17H,4-7H2,(H2,14,15). The number of hydrogen-bond acceptors (Lipinski definition) is 5. The van der Waals surface area contributed by atoms with E-state index in [4.69, 9.17) is 15.7 Å². The second-order valence-electron chi connectivity index (χ2n) is 4.90. The fourth-order valence-electron chi connectivity index (χ4n) is 1.98. The van der Waals surface area contributed by atoms with Crippen LogP contribution in [0.2, 0.25) is 0 Å². The number of ether oxygens (including phenoxy) is 1. The first kappa shape index (κ1) is 14.6. The molecule has 1 aromatic rings. The molecule has 108 valence electrons. The first-order valence-electron chi connectivity index (χ1n) is 5.99. The molecule has 8 heteroatoms. The number of nitro benzene ring substituents is 1. The molecule has 1 saturated carbocycles. The summed E-state index contributed by atoms with van der Waals surface area (Å²) in [6, 6.07) is 4.66. The maximum absolute atomic E-state index is 11.0. The van der Waals surface area contributed by atoms with E-state index in [1.807, 2.05) is 0 Å². The van der Waals surface area contributed by atoms with Crippen molar-refractivity contribution in [3.05, 3.63) is 32.8 Å². The SMILES string of the molecule is N/C(CC1(COc2c(Br)cccc2[N+](=O)[O-])CC1)=N/O. The number of hydrogen-bond donors (Lipinski definition) is 2. The van der Waals surface area contributed by atoms with Crippen LogP contribution in [0, 0.1) is 15.5 Å². The molecule has 0 heterocycles. The normalized spacial score (nSPS) is 16.8. The molecule has 0 radical (unpaired) electrons. The zero-order chi connectivity index (χ0) is 14.8. The molecule has 0 saturated heterocycles. The minimum Gasteiger partial charge on any atom is -0.485 e. The van der Waals surface area contributed by atoms with Crippen LogP contribution in [0.4, 0.5) is 5.69 Å². The molecule has 1 fully saturated rings. The molecule has 0 aliphatic heterocycles. The van der Waals surface area contributed by atoms with Crippen LogP contribution in [-0.2, 0) is 0 Å². The Bertz CT molecular complexity index is 558. The van der Waals surface area contributed by atoms with Crippen molar-refractivity contribution >= 4 is 27.5 Å². The Hall–Kier alpha value is -1.83. The van der Waals surface area contributed by atoms with Crippen molar-refractivity contribution in [2.45, 2.75) is 19.3 Å². The molecule has 1 aromatic carbocycles. The van der Waals surface area contributed by atoms with Gasteiger partial charge in [0.2, 0.25) is 5.75 Å². The van der Waals surface area contributed by atoms with Crippen molar-refractivity contribution in [2.24, 2.45) is 16.3 Å². The summed E-state index contributed by atoms with van der Waals surface area (Å²) >= 11 is 3.25. The molecule has 0 spiro atoms. The molecule has 7 nitrogen and oxygen atoms in total. The summed E-state index contributed by atoms with van der Waals surface area (Å²) in [5.41, 5.74) is 5.24. The minimum atomic E-state index is -0.483. The van der Waals surface area contributed by atoms with E-state index in [1.165, 1.54) is 6.07 Å². The summed E-state index contributed by atoms with van der Waals surface area (Å²) in [6.45, 7) is 0.298. The fourth-order valence-corrected chi connectivity index (χ4v) is 2.45.